The Kier molecular flexibility index (Phi) is 11.5. The Morgan fingerprint density at radius 1 is 0.941 bits per heavy atom. The molecule has 0 aliphatic heterocycles. The first-order valence-electron chi connectivity index (χ1n) is 6.04. The van der Waals surface area contributed by atoms with E-state index in [-0.39, 0.29) is 13.0 Å². The summed E-state index contributed by atoms with van der Waals surface area (Å²) >= 11 is 0. The summed E-state index contributed by atoms with van der Waals surface area (Å²) in [6.45, 7) is -0.138. The molecule has 0 unspecified atom stereocenters. The molecule has 0 aliphatic rings. The SMILES string of the molecule is O=C([O-])CCCCCCCCC#CC#CCO. The normalized spacial score (nSPS) is 8.76. The lowest BCUT2D eigenvalue weighted by Crippen LogP contribution is -2.21. The van der Waals surface area contributed by atoms with Crippen LogP contribution in [0.15, 0.2) is 0 Å². The quantitative estimate of drug-likeness (QED) is 0.501. The van der Waals surface area contributed by atoms with Gasteiger partial charge in [0, 0.05) is 12.4 Å². The van der Waals surface area contributed by atoms with Gasteiger partial charge in [0.05, 0.1) is 0 Å². The zero-order valence-corrected chi connectivity index (χ0v) is 10.1. The van der Waals surface area contributed by atoms with Gasteiger partial charge in [-0.15, -0.1) is 0 Å². The average Bonchev–Trinajstić information content (AvgIpc) is 2.30. The highest BCUT2D eigenvalue weighted by molar-refractivity contribution is 5.63. The van der Waals surface area contributed by atoms with Crippen LogP contribution in [0.5, 0.6) is 0 Å². The monoisotopic (exact) mass is 235 g/mol. The summed E-state index contributed by atoms with van der Waals surface area (Å²) in [5.74, 6) is 9.63. The third-order valence-corrected chi connectivity index (χ3v) is 2.25. The van der Waals surface area contributed by atoms with Crippen LogP contribution < -0.4 is 5.11 Å². The van der Waals surface area contributed by atoms with Crippen molar-refractivity contribution in [3.05, 3.63) is 0 Å². The summed E-state index contributed by atoms with van der Waals surface area (Å²) in [4.78, 5) is 10.1. The van der Waals surface area contributed by atoms with Crippen LogP contribution in [0.4, 0.5) is 0 Å². The Bertz CT molecular complexity index is 312. The van der Waals surface area contributed by atoms with Gasteiger partial charge in [-0.1, -0.05) is 37.5 Å². The highest BCUT2D eigenvalue weighted by Gasteiger charge is 1.91. The molecule has 0 heterocycles. The lowest BCUT2D eigenvalue weighted by molar-refractivity contribution is -0.305. The molecule has 0 rings (SSSR count). The maximum atomic E-state index is 10.1. The molecule has 0 aromatic heterocycles. The summed E-state index contributed by atoms with van der Waals surface area (Å²) < 4.78 is 0. The van der Waals surface area contributed by atoms with Crippen LogP contribution in [0, 0.1) is 23.7 Å². The van der Waals surface area contributed by atoms with Crippen LogP contribution in [0.2, 0.25) is 0 Å². The minimum atomic E-state index is -0.954. The number of carbonyl (C=O) groups excluding carboxylic acids is 1. The first-order chi connectivity index (χ1) is 8.27. The Morgan fingerprint density at radius 3 is 2.18 bits per heavy atom. The molecule has 1 N–H and O–H groups in total. The maximum Gasteiger partial charge on any atom is 0.105 e. The molecule has 0 bridgehead atoms. The van der Waals surface area contributed by atoms with E-state index in [1.165, 1.54) is 0 Å². The van der Waals surface area contributed by atoms with Gasteiger partial charge in [0.2, 0.25) is 0 Å². The summed E-state index contributed by atoms with van der Waals surface area (Å²) in [6, 6.07) is 0. The molecular formula is C14H19O3-. The van der Waals surface area contributed by atoms with Crippen molar-refractivity contribution in [2.24, 2.45) is 0 Å². The standard InChI is InChI=1S/C14H20O3/c15-13-11-9-7-5-3-1-2-4-6-8-10-12-14(16)17/h15H,1-4,6,8,10,12-13H2,(H,16,17)/p-1. The molecule has 94 valence electrons. The van der Waals surface area contributed by atoms with E-state index in [4.69, 9.17) is 5.11 Å². The van der Waals surface area contributed by atoms with E-state index in [0.29, 0.717) is 0 Å². The highest BCUT2D eigenvalue weighted by Crippen LogP contribution is 2.07. The molecule has 0 radical (unpaired) electrons. The smallest absolute Gasteiger partial charge is 0.105 e. The van der Waals surface area contributed by atoms with Gasteiger partial charge in [-0.3, -0.25) is 0 Å². The topological polar surface area (TPSA) is 60.4 Å². The number of rotatable bonds is 8. The van der Waals surface area contributed by atoms with Gasteiger partial charge in [-0.25, -0.2) is 0 Å². The number of aliphatic hydroxyl groups excluding tert-OH is 1. The summed E-state index contributed by atoms with van der Waals surface area (Å²) in [7, 11) is 0. The minimum absolute atomic E-state index is 0.138. The molecule has 0 fully saturated rings. The minimum Gasteiger partial charge on any atom is -0.550 e. The van der Waals surface area contributed by atoms with E-state index in [1.54, 1.807) is 0 Å². The number of carboxylic acids is 1. The van der Waals surface area contributed by atoms with E-state index in [2.05, 4.69) is 23.7 Å². The third-order valence-electron chi connectivity index (χ3n) is 2.25. The van der Waals surface area contributed by atoms with Crippen molar-refractivity contribution in [3.8, 4) is 23.7 Å². The van der Waals surface area contributed by atoms with E-state index in [0.717, 1.165) is 44.9 Å². The van der Waals surface area contributed by atoms with Crippen molar-refractivity contribution >= 4 is 5.97 Å². The maximum absolute atomic E-state index is 10.1. The third kappa shape index (κ3) is 14.6. The van der Waals surface area contributed by atoms with Crippen LogP contribution in [0.1, 0.15) is 51.4 Å². The van der Waals surface area contributed by atoms with Crippen molar-refractivity contribution in [2.75, 3.05) is 6.61 Å². The number of carbonyl (C=O) groups is 1. The molecule has 0 aromatic rings. The predicted molar refractivity (Wildman–Crippen MR) is 64.6 cm³/mol. The number of aliphatic hydroxyl groups is 1. The van der Waals surface area contributed by atoms with Crippen molar-refractivity contribution in [1.29, 1.82) is 0 Å². The van der Waals surface area contributed by atoms with E-state index < -0.39 is 5.97 Å². The molecule has 0 aliphatic carbocycles. The zero-order chi connectivity index (χ0) is 12.8. The second-order valence-corrected chi connectivity index (χ2v) is 3.75. The second-order valence-electron chi connectivity index (χ2n) is 3.75. The van der Waals surface area contributed by atoms with Gasteiger partial charge in [-0.05, 0) is 31.1 Å². The fourth-order valence-electron chi connectivity index (χ4n) is 1.38. The summed E-state index contributed by atoms with van der Waals surface area (Å²) in [5, 5.41) is 18.5. The molecule has 0 amide bonds. The number of unbranched alkanes of at least 4 members (excludes halogenated alkanes) is 6. The average molecular weight is 235 g/mol. The molecule has 0 spiro atoms. The first-order valence-corrected chi connectivity index (χ1v) is 6.04. The van der Waals surface area contributed by atoms with Crippen molar-refractivity contribution in [3.63, 3.8) is 0 Å². The van der Waals surface area contributed by atoms with Crippen LogP contribution in [-0.4, -0.2) is 17.7 Å². The second kappa shape index (κ2) is 12.6. The fourth-order valence-corrected chi connectivity index (χ4v) is 1.38. The van der Waals surface area contributed by atoms with Gasteiger partial charge in [0.15, 0.2) is 0 Å². The molecule has 3 nitrogen and oxygen atoms in total. The molecule has 0 atom stereocenters. The zero-order valence-electron chi connectivity index (χ0n) is 10.1. The van der Waals surface area contributed by atoms with E-state index >= 15 is 0 Å². The Morgan fingerprint density at radius 2 is 1.53 bits per heavy atom. The van der Waals surface area contributed by atoms with E-state index in [9.17, 15) is 9.90 Å². The fraction of sp³-hybridized carbons (Fsp3) is 0.643. The van der Waals surface area contributed by atoms with E-state index in [1.807, 2.05) is 0 Å². The van der Waals surface area contributed by atoms with Gasteiger partial charge >= 0.3 is 0 Å². The molecule has 0 saturated carbocycles. The Hall–Kier alpha value is -1.45. The highest BCUT2D eigenvalue weighted by atomic mass is 16.4. The van der Waals surface area contributed by atoms with Crippen molar-refractivity contribution in [1.82, 2.24) is 0 Å². The lowest BCUT2D eigenvalue weighted by atomic mass is 10.1. The van der Waals surface area contributed by atoms with Crippen molar-refractivity contribution in [2.45, 2.75) is 51.4 Å². The van der Waals surface area contributed by atoms with Crippen LogP contribution >= 0.6 is 0 Å². The largest absolute Gasteiger partial charge is 0.550 e. The summed E-state index contributed by atoms with van der Waals surface area (Å²) in [6.07, 6.45) is 7.05. The molecule has 3 heteroatoms. The lowest BCUT2D eigenvalue weighted by Gasteiger charge is -2.01. The number of carboxylic acid groups (broad SMARTS) is 1. The molecule has 0 aromatic carbocycles. The number of hydrogen-bond donors (Lipinski definition) is 1. The predicted octanol–water partition coefficient (Wildman–Crippen LogP) is 0.856. The van der Waals surface area contributed by atoms with Gasteiger partial charge in [0.1, 0.15) is 6.61 Å². The van der Waals surface area contributed by atoms with Crippen molar-refractivity contribution < 1.29 is 15.0 Å². The molecule has 17 heavy (non-hydrogen) atoms. The van der Waals surface area contributed by atoms with Crippen LogP contribution in [0.3, 0.4) is 0 Å². The molecule has 0 saturated heterocycles. The molecular weight excluding hydrogens is 216 g/mol. The Balaban J connectivity index is 3.18. The Labute approximate surface area is 103 Å². The summed E-state index contributed by atoms with van der Waals surface area (Å²) in [5.41, 5.74) is 0. The van der Waals surface area contributed by atoms with Gasteiger partial charge in [-0.2, -0.15) is 0 Å². The van der Waals surface area contributed by atoms with Crippen LogP contribution in [-0.2, 0) is 4.79 Å². The number of hydrogen-bond acceptors (Lipinski definition) is 3. The first kappa shape index (κ1) is 15.6. The number of aliphatic carboxylic acids is 1. The van der Waals surface area contributed by atoms with Gasteiger partial charge < -0.3 is 15.0 Å². The van der Waals surface area contributed by atoms with Crippen LogP contribution in [0.25, 0.3) is 0 Å². The van der Waals surface area contributed by atoms with Gasteiger partial charge in [0.25, 0.3) is 0 Å².